The van der Waals surface area contributed by atoms with Crippen LogP contribution in [0, 0.1) is 0 Å². The predicted octanol–water partition coefficient (Wildman–Crippen LogP) is 4.68. The van der Waals surface area contributed by atoms with Crippen molar-refractivity contribution in [3.05, 3.63) is 65.5 Å². The lowest BCUT2D eigenvalue weighted by molar-refractivity contribution is 0.568. The molecule has 0 aliphatic carbocycles. The summed E-state index contributed by atoms with van der Waals surface area (Å²) in [4.78, 5) is 1.20. The normalized spacial score (nSPS) is 10.7. The Morgan fingerprint density at radius 3 is 2.40 bits per heavy atom. The Hall–Kier alpha value is -1.78. The van der Waals surface area contributed by atoms with Crippen LogP contribution in [0.3, 0.4) is 0 Å². The third-order valence-electron chi connectivity index (χ3n) is 2.78. The lowest BCUT2D eigenvalue weighted by atomic mass is 10.1. The van der Waals surface area contributed by atoms with E-state index in [1.807, 2.05) is 36.4 Å². The van der Waals surface area contributed by atoms with Gasteiger partial charge in [-0.2, -0.15) is 0 Å². The second-order valence-electron chi connectivity index (χ2n) is 4.18. The van der Waals surface area contributed by atoms with Crippen LogP contribution in [0.1, 0.15) is 5.56 Å². The van der Waals surface area contributed by atoms with E-state index in [4.69, 9.17) is 16.0 Å². The number of hydrogen-bond acceptors (Lipinski definition) is 4. The van der Waals surface area contributed by atoms with Crippen molar-refractivity contribution in [2.45, 2.75) is 10.6 Å². The zero-order valence-corrected chi connectivity index (χ0v) is 12.1. The molecule has 3 nitrogen and oxygen atoms in total. The molecule has 0 fully saturated rings. The summed E-state index contributed by atoms with van der Waals surface area (Å²) in [7, 11) is 0. The predicted molar refractivity (Wildman–Crippen MR) is 80.7 cm³/mol. The zero-order valence-electron chi connectivity index (χ0n) is 10.5. The molecule has 0 radical (unpaired) electrons. The van der Waals surface area contributed by atoms with E-state index in [9.17, 15) is 0 Å². The van der Waals surface area contributed by atoms with E-state index in [2.05, 4.69) is 22.3 Å². The van der Waals surface area contributed by atoms with Crippen LogP contribution >= 0.6 is 23.4 Å². The first-order chi connectivity index (χ1) is 9.81. The van der Waals surface area contributed by atoms with Gasteiger partial charge >= 0.3 is 0 Å². The van der Waals surface area contributed by atoms with Crippen LogP contribution in [0.2, 0.25) is 5.02 Å². The van der Waals surface area contributed by atoms with Gasteiger partial charge in [-0.3, -0.25) is 0 Å². The molecule has 0 unspecified atom stereocenters. The zero-order chi connectivity index (χ0) is 13.8. The van der Waals surface area contributed by atoms with Crippen LogP contribution in [0.5, 0.6) is 0 Å². The second kappa shape index (κ2) is 6.11. The van der Waals surface area contributed by atoms with Crippen molar-refractivity contribution < 1.29 is 4.42 Å². The molecule has 0 amide bonds. The molecule has 0 aliphatic rings. The minimum atomic E-state index is 0.543. The van der Waals surface area contributed by atoms with Crippen molar-refractivity contribution in [1.29, 1.82) is 0 Å². The molecule has 0 spiro atoms. The van der Waals surface area contributed by atoms with E-state index in [1.165, 1.54) is 16.9 Å². The van der Waals surface area contributed by atoms with Gasteiger partial charge in [0.1, 0.15) is 0 Å². The number of hydrogen-bond donors (Lipinski definition) is 0. The highest BCUT2D eigenvalue weighted by Crippen LogP contribution is 2.25. The van der Waals surface area contributed by atoms with Crippen molar-refractivity contribution in [3.8, 4) is 11.5 Å². The van der Waals surface area contributed by atoms with E-state index in [0.29, 0.717) is 5.89 Å². The summed E-state index contributed by atoms with van der Waals surface area (Å²) in [5.74, 6) is 1.45. The maximum atomic E-state index is 5.87. The lowest BCUT2D eigenvalue weighted by Gasteiger charge is -2.03. The molecule has 0 N–H and O–H groups in total. The maximum absolute atomic E-state index is 5.87. The third-order valence-corrected chi connectivity index (χ3v) is 4.12. The van der Waals surface area contributed by atoms with Gasteiger partial charge in [0.25, 0.3) is 0 Å². The minimum absolute atomic E-state index is 0.543. The number of nitrogens with zero attached hydrogens (tertiary/aromatic N) is 2. The van der Waals surface area contributed by atoms with Crippen molar-refractivity contribution in [2.75, 3.05) is 0 Å². The highest BCUT2D eigenvalue weighted by Gasteiger charge is 2.03. The molecule has 0 aliphatic heterocycles. The largest absolute Gasteiger partial charge is 0.423 e. The van der Waals surface area contributed by atoms with Crippen molar-refractivity contribution in [3.63, 3.8) is 0 Å². The van der Waals surface area contributed by atoms with Gasteiger partial charge in [0.2, 0.25) is 12.3 Å². The molecular formula is C15H11ClN2OS. The van der Waals surface area contributed by atoms with Crippen molar-refractivity contribution >= 4 is 23.4 Å². The molecule has 3 rings (SSSR count). The quantitative estimate of drug-likeness (QED) is 0.656. The number of halogens is 1. The molecule has 1 aromatic heterocycles. The molecule has 20 heavy (non-hydrogen) atoms. The Labute approximate surface area is 126 Å². The van der Waals surface area contributed by atoms with E-state index in [-0.39, 0.29) is 0 Å². The van der Waals surface area contributed by atoms with Crippen LogP contribution in [-0.4, -0.2) is 10.2 Å². The Morgan fingerprint density at radius 2 is 1.75 bits per heavy atom. The average molecular weight is 303 g/mol. The Balaban J connectivity index is 1.65. The van der Waals surface area contributed by atoms with Gasteiger partial charge < -0.3 is 4.42 Å². The summed E-state index contributed by atoms with van der Waals surface area (Å²) in [6.07, 6.45) is 1.33. The summed E-state index contributed by atoms with van der Waals surface area (Å²) in [6.45, 7) is 0. The second-order valence-corrected chi connectivity index (χ2v) is 5.67. The van der Waals surface area contributed by atoms with E-state index in [0.717, 1.165) is 16.3 Å². The first kappa shape index (κ1) is 13.2. The smallest absolute Gasteiger partial charge is 0.247 e. The van der Waals surface area contributed by atoms with Gasteiger partial charge in [-0.25, -0.2) is 0 Å². The van der Waals surface area contributed by atoms with Crippen LogP contribution in [0.4, 0.5) is 0 Å². The Kier molecular flexibility index (Phi) is 4.04. The molecule has 0 atom stereocenters. The fraction of sp³-hybridized carbons (Fsp3) is 0.0667. The molecular weight excluding hydrogens is 292 g/mol. The minimum Gasteiger partial charge on any atom is -0.423 e. The van der Waals surface area contributed by atoms with Crippen LogP contribution < -0.4 is 0 Å². The molecule has 5 heteroatoms. The van der Waals surface area contributed by atoms with Crippen LogP contribution in [0.25, 0.3) is 11.5 Å². The number of thioether (sulfide) groups is 1. The average Bonchev–Trinajstić information content (AvgIpc) is 3.01. The van der Waals surface area contributed by atoms with Gasteiger partial charge in [-0.15, -0.1) is 22.0 Å². The van der Waals surface area contributed by atoms with E-state index < -0.39 is 0 Å². The summed E-state index contributed by atoms with van der Waals surface area (Å²) in [5.41, 5.74) is 2.18. The molecule has 100 valence electrons. The SMILES string of the molecule is Clc1ccc(SCc2ccc(-c3nnco3)cc2)cc1. The molecule has 1 heterocycles. The molecule has 0 bridgehead atoms. The summed E-state index contributed by atoms with van der Waals surface area (Å²) in [5, 5.41) is 8.32. The summed E-state index contributed by atoms with van der Waals surface area (Å²) < 4.78 is 5.16. The van der Waals surface area contributed by atoms with Crippen LogP contribution in [0.15, 0.2) is 64.2 Å². The Bertz CT molecular complexity index is 666. The first-order valence-corrected chi connectivity index (χ1v) is 7.41. The monoisotopic (exact) mass is 302 g/mol. The van der Waals surface area contributed by atoms with E-state index >= 15 is 0 Å². The maximum Gasteiger partial charge on any atom is 0.247 e. The number of aromatic nitrogens is 2. The summed E-state index contributed by atoms with van der Waals surface area (Å²) >= 11 is 7.64. The molecule has 2 aromatic carbocycles. The van der Waals surface area contributed by atoms with Crippen LogP contribution in [-0.2, 0) is 5.75 Å². The fourth-order valence-corrected chi connectivity index (χ4v) is 2.72. The fourth-order valence-electron chi connectivity index (χ4n) is 1.74. The van der Waals surface area contributed by atoms with Gasteiger partial charge in [-0.1, -0.05) is 23.7 Å². The van der Waals surface area contributed by atoms with Gasteiger partial charge in [-0.05, 0) is 42.0 Å². The third kappa shape index (κ3) is 3.21. The molecule has 3 aromatic rings. The number of benzene rings is 2. The molecule has 0 saturated carbocycles. The van der Waals surface area contributed by atoms with Gasteiger partial charge in [0, 0.05) is 21.2 Å². The highest BCUT2D eigenvalue weighted by atomic mass is 35.5. The topological polar surface area (TPSA) is 38.9 Å². The Morgan fingerprint density at radius 1 is 1.00 bits per heavy atom. The highest BCUT2D eigenvalue weighted by molar-refractivity contribution is 7.98. The lowest BCUT2D eigenvalue weighted by Crippen LogP contribution is -1.83. The van der Waals surface area contributed by atoms with Gasteiger partial charge in [0.05, 0.1) is 0 Å². The summed E-state index contributed by atoms with van der Waals surface area (Å²) in [6, 6.07) is 16.0. The van der Waals surface area contributed by atoms with E-state index in [1.54, 1.807) is 11.8 Å². The number of rotatable bonds is 4. The van der Waals surface area contributed by atoms with Crippen molar-refractivity contribution in [2.24, 2.45) is 0 Å². The van der Waals surface area contributed by atoms with Gasteiger partial charge in [0.15, 0.2) is 0 Å². The van der Waals surface area contributed by atoms with Crippen molar-refractivity contribution in [1.82, 2.24) is 10.2 Å². The first-order valence-electron chi connectivity index (χ1n) is 6.05. The standard InChI is InChI=1S/C15H11ClN2OS/c16-13-5-7-14(8-6-13)20-9-11-1-3-12(4-2-11)15-18-17-10-19-15/h1-8,10H,9H2. The molecule has 0 saturated heterocycles.